The molecule has 7 heteroatoms. The zero-order chi connectivity index (χ0) is 10.8. The Morgan fingerprint density at radius 2 is 2.40 bits per heavy atom. The average Bonchev–Trinajstić information content (AvgIpc) is 2.58. The van der Waals surface area contributed by atoms with Gasteiger partial charge in [0.05, 0.1) is 10.9 Å². The van der Waals surface area contributed by atoms with Crippen LogP contribution in [0.4, 0.5) is 16.4 Å². The zero-order valence-corrected chi connectivity index (χ0v) is 8.03. The minimum atomic E-state index is -0.643. The Labute approximate surface area is 85.1 Å². The lowest BCUT2D eigenvalue weighted by molar-refractivity contribution is 0.259. The molecule has 2 amide bonds. The van der Waals surface area contributed by atoms with Gasteiger partial charge in [0.25, 0.3) is 0 Å². The number of fused-ring (bicyclic) bond motifs is 1. The molecule has 2 rings (SSSR count). The molecule has 0 saturated heterocycles. The van der Waals surface area contributed by atoms with E-state index < -0.39 is 6.03 Å². The molecule has 2 heterocycles. The van der Waals surface area contributed by atoms with Gasteiger partial charge in [-0.25, -0.2) is 9.78 Å². The van der Waals surface area contributed by atoms with Crippen LogP contribution in [0.2, 0.25) is 0 Å². The number of aromatic nitrogens is 3. The van der Waals surface area contributed by atoms with Gasteiger partial charge in [0.1, 0.15) is 5.82 Å². The van der Waals surface area contributed by atoms with Gasteiger partial charge in [-0.05, 0) is 0 Å². The van der Waals surface area contributed by atoms with Crippen molar-refractivity contribution in [3.63, 3.8) is 0 Å². The molecule has 0 aliphatic heterocycles. The van der Waals surface area contributed by atoms with Crippen LogP contribution in [0, 0.1) is 0 Å². The molecule has 0 bridgehead atoms. The third kappa shape index (κ3) is 1.66. The third-order valence-electron chi connectivity index (χ3n) is 1.94. The van der Waals surface area contributed by atoms with Gasteiger partial charge in [-0.3, -0.25) is 10.4 Å². The predicted molar refractivity (Wildman–Crippen MR) is 56.6 cm³/mol. The Balaban J connectivity index is 2.44. The van der Waals surface area contributed by atoms with Crippen LogP contribution in [0.25, 0.3) is 10.9 Å². The monoisotopic (exact) mass is 206 g/mol. The number of amides is 2. The summed E-state index contributed by atoms with van der Waals surface area (Å²) in [6, 6.07) is 1.02. The number of primary amides is 1. The number of pyridine rings is 1. The van der Waals surface area contributed by atoms with Crippen molar-refractivity contribution in [2.45, 2.75) is 0 Å². The molecule has 0 unspecified atom stereocenters. The third-order valence-corrected chi connectivity index (χ3v) is 1.94. The number of hydrogen-bond acceptors (Lipinski definition) is 4. The van der Waals surface area contributed by atoms with Gasteiger partial charge in [-0.2, -0.15) is 5.10 Å². The van der Waals surface area contributed by atoms with Gasteiger partial charge in [0.15, 0.2) is 5.82 Å². The van der Waals surface area contributed by atoms with Crippen LogP contribution in [-0.4, -0.2) is 28.3 Å². The van der Waals surface area contributed by atoms with E-state index in [4.69, 9.17) is 5.73 Å². The summed E-state index contributed by atoms with van der Waals surface area (Å²) >= 11 is 0. The number of carbonyl (C=O) groups excluding carboxylic acids is 1. The van der Waals surface area contributed by atoms with Crippen LogP contribution >= 0.6 is 0 Å². The summed E-state index contributed by atoms with van der Waals surface area (Å²) in [6.07, 6.45) is 1.61. The van der Waals surface area contributed by atoms with Crippen molar-refractivity contribution in [1.29, 1.82) is 0 Å². The Morgan fingerprint density at radius 1 is 1.60 bits per heavy atom. The fourth-order valence-corrected chi connectivity index (χ4v) is 1.30. The number of nitrogens with zero attached hydrogens (tertiary/aromatic N) is 2. The molecular formula is C8H10N6O. The summed E-state index contributed by atoms with van der Waals surface area (Å²) < 4.78 is 0. The van der Waals surface area contributed by atoms with Crippen LogP contribution in [0.15, 0.2) is 12.3 Å². The van der Waals surface area contributed by atoms with Crippen molar-refractivity contribution < 1.29 is 4.79 Å². The number of urea groups is 1. The van der Waals surface area contributed by atoms with Crippen LogP contribution in [0.5, 0.6) is 0 Å². The summed E-state index contributed by atoms with van der Waals surface area (Å²) in [5.41, 5.74) is 5.75. The highest BCUT2D eigenvalue weighted by molar-refractivity contribution is 5.93. The molecule has 0 atom stereocenters. The van der Waals surface area contributed by atoms with Crippen molar-refractivity contribution in [2.75, 3.05) is 17.7 Å². The maximum Gasteiger partial charge on any atom is 0.317 e. The first kappa shape index (κ1) is 9.25. The molecule has 15 heavy (non-hydrogen) atoms. The molecule has 0 aliphatic rings. The highest BCUT2D eigenvalue weighted by Crippen LogP contribution is 2.20. The number of nitrogens with two attached hydrogens (primary N) is 1. The van der Waals surface area contributed by atoms with E-state index in [0.717, 1.165) is 10.9 Å². The van der Waals surface area contributed by atoms with Gasteiger partial charge in [0, 0.05) is 19.3 Å². The van der Waals surface area contributed by atoms with Crippen LogP contribution < -0.4 is 16.4 Å². The van der Waals surface area contributed by atoms with E-state index in [1.165, 1.54) is 0 Å². The second-order valence-corrected chi connectivity index (χ2v) is 2.93. The largest absolute Gasteiger partial charge is 0.371 e. The second-order valence-electron chi connectivity index (χ2n) is 2.93. The quantitative estimate of drug-likeness (QED) is 0.573. The minimum absolute atomic E-state index is 0.390. The first-order valence-electron chi connectivity index (χ1n) is 4.29. The molecule has 0 fully saturated rings. The maximum atomic E-state index is 10.6. The summed E-state index contributed by atoms with van der Waals surface area (Å²) in [6.45, 7) is 0. The Morgan fingerprint density at radius 3 is 3.07 bits per heavy atom. The fourth-order valence-electron chi connectivity index (χ4n) is 1.30. The van der Waals surface area contributed by atoms with E-state index in [0.29, 0.717) is 11.6 Å². The molecule has 0 aromatic carbocycles. The predicted octanol–water partition coefficient (Wildman–Crippen LogP) is 0.490. The van der Waals surface area contributed by atoms with E-state index in [1.54, 1.807) is 19.3 Å². The van der Waals surface area contributed by atoms with E-state index in [9.17, 15) is 4.79 Å². The normalized spacial score (nSPS) is 10.2. The topological polar surface area (TPSA) is 109 Å². The van der Waals surface area contributed by atoms with Gasteiger partial charge in [-0.1, -0.05) is 0 Å². The lowest BCUT2D eigenvalue weighted by Gasteiger charge is -1.99. The van der Waals surface area contributed by atoms with Crippen LogP contribution in [-0.2, 0) is 0 Å². The summed E-state index contributed by atoms with van der Waals surface area (Å²) in [4.78, 5) is 14.6. The number of nitrogens with one attached hydrogen (secondary N) is 3. The average molecular weight is 206 g/mol. The number of aromatic amines is 1. The molecule has 7 nitrogen and oxygen atoms in total. The number of rotatable bonds is 2. The van der Waals surface area contributed by atoms with Crippen molar-refractivity contribution in [3.05, 3.63) is 12.3 Å². The molecule has 5 N–H and O–H groups in total. The minimum Gasteiger partial charge on any atom is -0.371 e. The molecule has 0 saturated carbocycles. The van der Waals surface area contributed by atoms with Gasteiger partial charge in [0.2, 0.25) is 0 Å². The molecule has 2 aromatic rings. The zero-order valence-electron chi connectivity index (χ0n) is 8.03. The van der Waals surface area contributed by atoms with Gasteiger partial charge < -0.3 is 11.1 Å². The highest BCUT2D eigenvalue weighted by atomic mass is 16.2. The number of anilines is 2. The lowest BCUT2D eigenvalue weighted by atomic mass is 10.3. The standard InChI is InChI=1S/C8H10N6O/c1-10-7-4-3-11-6(12-8(9)15)2-5(4)13-14-7/h2-3H,1H3,(H2,10,13,14)(H3,9,11,12,15). The van der Waals surface area contributed by atoms with Gasteiger partial charge >= 0.3 is 6.03 Å². The Kier molecular flexibility index (Phi) is 2.13. The van der Waals surface area contributed by atoms with Crippen LogP contribution in [0.3, 0.4) is 0 Å². The van der Waals surface area contributed by atoms with E-state index in [2.05, 4.69) is 25.8 Å². The molecule has 0 spiro atoms. The SMILES string of the molecule is CNc1n[nH]c2cc(NC(N)=O)ncc12. The Hall–Kier alpha value is -2.31. The molecule has 78 valence electrons. The molecule has 0 aliphatic carbocycles. The number of H-pyrrole nitrogens is 1. The maximum absolute atomic E-state index is 10.6. The van der Waals surface area contributed by atoms with Crippen molar-refractivity contribution in [2.24, 2.45) is 5.73 Å². The highest BCUT2D eigenvalue weighted by Gasteiger charge is 2.05. The summed E-state index contributed by atoms with van der Waals surface area (Å²) in [5, 5.41) is 13.0. The number of carbonyl (C=O) groups is 1. The first-order valence-corrected chi connectivity index (χ1v) is 4.29. The smallest absolute Gasteiger partial charge is 0.317 e. The lowest BCUT2D eigenvalue weighted by Crippen LogP contribution is -2.19. The summed E-state index contributed by atoms with van der Waals surface area (Å²) in [5.74, 6) is 1.10. The van der Waals surface area contributed by atoms with Crippen molar-refractivity contribution >= 4 is 28.6 Å². The second kappa shape index (κ2) is 3.45. The van der Waals surface area contributed by atoms with Crippen molar-refractivity contribution in [3.8, 4) is 0 Å². The van der Waals surface area contributed by atoms with E-state index >= 15 is 0 Å². The Bertz CT molecular complexity index is 505. The van der Waals surface area contributed by atoms with Crippen molar-refractivity contribution in [1.82, 2.24) is 15.2 Å². The number of hydrogen-bond donors (Lipinski definition) is 4. The van der Waals surface area contributed by atoms with Gasteiger partial charge in [-0.15, -0.1) is 0 Å². The van der Waals surface area contributed by atoms with Crippen LogP contribution in [0.1, 0.15) is 0 Å². The molecular weight excluding hydrogens is 196 g/mol. The molecule has 2 aromatic heterocycles. The summed E-state index contributed by atoms with van der Waals surface area (Å²) in [7, 11) is 1.77. The van der Waals surface area contributed by atoms with E-state index in [-0.39, 0.29) is 0 Å². The fraction of sp³-hybridized carbons (Fsp3) is 0.125. The van der Waals surface area contributed by atoms with E-state index in [1.807, 2.05) is 0 Å². The first-order chi connectivity index (χ1) is 7.20. The molecule has 0 radical (unpaired) electrons.